The molecule has 0 spiro atoms. The Morgan fingerprint density at radius 3 is 2.83 bits per heavy atom. The number of rotatable bonds is 4. The summed E-state index contributed by atoms with van der Waals surface area (Å²) in [6.45, 7) is 6.54. The standard InChI is InChI=1S/C17H19N5O2/c1-4-16(23)22-8-13(9-22)21(3)15-6-12(7-18-17(15)24)14-5-11(2)19-10-20-14/h4-7,10,13H,1,8-9H2,2-3H3,(H,18,24). The first kappa shape index (κ1) is 15.9. The fourth-order valence-corrected chi connectivity index (χ4v) is 2.70. The average molecular weight is 325 g/mol. The van der Waals surface area contributed by atoms with Crippen LogP contribution in [-0.2, 0) is 4.79 Å². The van der Waals surface area contributed by atoms with Gasteiger partial charge in [-0.1, -0.05) is 6.58 Å². The normalized spacial score (nSPS) is 14.2. The molecule has 0 saturated carbocycles. The number of H-pyrrole nitrogens is 1. The zero-order valence-corrected chi connectivity index (χ0v) is 13.7. The lowest BCUT2D eigenvalue weighted by Gasteiger charge is -2.44. The Labute approximate surface area is 139 Å². The average Bonchev–Trinajstić information content (AvgIpc) is 2.53. The third-order valence-electron chi connectivity index (χ3n) is 4.26. The van der Waals surface area contributed by atoms with Gasteiger partial charge in [-0.25, -0.2) is 9.97 Å². The van der Waals surface area contributed by atoms with E-state index in [0.29, 0.717) is 18.8 Å². The van der Waals surface area contributed by atoms with E-state index in [1.54, 1.807) is 11.1 Å². The third-order valence-corrected chi connectivity index (χ3v) is 4.26. The summed E-state index contributed by atoms with van der Waals surface area (Å²) >= 11 is 0. The van der Waals surface area contributed by atoms with Gasteiger partial charge in [-0.05, 0) is 25.1 Å². The highest BCUT2D eigenvalue weighted by Gasteiger charge is 2.33. The molecule has 3 rings (SSSR count). The molecule has 124 valence electrons. The van der Waals surface area contributed by atoms with E-state index in [2.05, 4.69) is 21.5 Å². The second-order valence-corrected chi connectivity index (χ2v) is 5.86. The van der Waals surface area contributed by atoms with Crippen molar-refractivity contribution in [1.29, 1.82) is 0 Å². The van der Waals surface area contributed by atoms with Crippen molar-refractivity contribution in [3.05, 3.63) is 53.4 Å². The second-order valence-electron chi connectivity index (χ2n) is 5.86. The Hall–Kier alpha value is -2.96. The second kappa shape index (κ2) is 6.27. The molecule has 3 heterocycles. The number of hydrogen-bond acceptors (Lipinski definition) is 5. The van der Waals surface area contributed by atoms with Gasteiger partial charge < -0.3 is 14.8 Å². The summed E-state index contributed by atoms with van der Waals surface area (Å²) in [5.74, 6) is -0.0845. The predicted molar refractivity (Wildman–Crippen MR) is 91.8 cm³/mol. The monoisotopic (exact) mass is 325 g/mol. The molecule has 0 unspecified atom stereocenters. The number of nitrogens with one attached hydrogen (secondary N) is 1. The fraction of sp³-hybridized carbons (Fsp3) is 0.294. The first-order chi connectivity index (χ1) is 11.5. The van der Waals surface area contributed by atoms with Gasteiger partial charge >= 0.3 is 0 Å². The number of hydrogen-bond donors (Lipinski definition) is 1. The Balaban J connectivity index is 1.83. The number of pyridine rings is 1. The third kappa shape index (κ3) is 2.92. The molecular weight excluding hydrogens is 306 g/mol. The smallest absolute Gasteiger partial charge is 0.271 e. The molecule has 1 aliphatic heterocycles. The van der Waals surface area contributed by atoms with Gasteiger partial charge in [-0.2, -0.15) is 0 Å². The molecule has 0 bridgehead atoms. The SMILES string of the molecule is C=CC(=O)N1CC(N(C)c2cc(-c3cc(C)ncn3)c[nH]c2=O)C1. The van der Waals surface area contributed by atoms with Gasteiger partial charge in [0.25, 0.3) is 5.56 Å². The number of aryl methyl sites for hydroxylation is 1. The van der Waals surface area contributed by atoms with E-state index >= 15 is 0 Å². The first-order valence-corrected chi connectivity index (χ1v) is 7.65. The van der Waals surface area contributed by atoms with E-state index in [0.717, 1.165) is 17.0 Å². The molecule has 1 saturated heterocycles. The van der Waals surface area contributed by atoms with E-state index in [4.69, 9.17) is 0 Å². The molecule has 1 aliphatic rings. The Morgan fingerprint density at radius 2 is 2.17 bits per heavy atom. The van der Waals surface area contributed by atoms with Crippen molar-refractivity contribution in [1.82, 2.24) is 19.9 Å². The molecule has 1 fully saturated rings. The van der Waals surface area contributed by atoms with Crippen LogP contribution in [0.15, 0.2) is 42.1 Å². The van der Waals surface area contributed by atoms with Crippen LogP contribution in [0.2, 0.25) is 0 Å². The Bertz CT molecular complexity index is 839. The van der Waals surface area contributed by atoms with Crippen LogP contribution < -0.4 is 10.5 Å². The van der Waals surface area contributed by atoms with Crippen LogP contribution in [0.4, 0.5) is 5.69 Å². The van der Waals surface area contributed by atoms with E-state index in [1.807, 2.05) is 31.0 Å². The van der Waals surface area contributed by atoms with Crippen LogP contribution in [0.5, 0.6) is 0 Å². The highest BCUT2D eigenvalue weighted by atomic mass is 16.2. The maximum Gasteiger partial charge on any atom is 0.271 e. The molecule has 0 atom stereocenters. The summed E-state index contributed by atoms with van der Waals surface area (Å²) in [4.78, 5) is 38.4. The predicted octanol–water partition coefficient (Wildman–Crippen LogP) is 0.973. The maximum atomic E-state index is 12.2. The van der Waals surface area contributed by atoms with Gasteiger partial charge in [0.1, 0.15) is 12.0 Å². The largest absolute Gasteiger partial charge is 0.364 e. The van der Waals surface area contributed by atoms with Gasteiger partial charge in [-0.15, -0.1) is 0 Å². The molecule has 1 N–H and O–H groups in total. The summed E-state index contributed by atoms with van der Waals surface area (Å²) in [7, 11) is 1.86. The van der Waals surface area contributed by atoms with Crippen molar-refractivity contribution in [2.24, 2.45) is 0 Å². The van der Waals surface area contributed by atoms with Crippen LogP contribution in [0.3, 0.4) is 0 Å². The number of likely N-dealkylation sites (N-methyl/N-ethyl adjacent to an activating group) is 1. The molecule has 7 heteroatoms. The van der Waals surface area contributed by atoms with Crippen LogP contribution in [0.1, 0.15) is 5.69 Å². The molecule has 0 radical (unpaired) electrons. The van der Waals surface area contributed by atoms with E-state index < -0.39 is 0 Å². The van der Waals surface area contributed by atoms with Crippen LogP contribution in [0.25, 0.3) is 11.3 Å². The minimum Gasteiger partial charge on any atom is -0.364 e. The lowest BCUT2D eigenvalue weighted by molar-refractivity contribution is -0.130. The van der Waals surface area contributed by atoms with E-state index in [1.165, 1.54) is 12.4 Å². The van der Waals surface area contributed by atoms with Crippen LogP contribution in [-0.4, -0.2) is 51.9 Å². The first-order valence-electron chi connectivity index (χ1n) is 7.65. The Kier molecular flexibility index (Phi) is 4.16. The molecule has 0 aromatic carbocycles. The topological polar surface area (TPSA) is 82.2 Å². The highest BCUT2D eigenvalue weighted by Crippen LogP contribution is 2.23. The van der Waals surface area contributed by atoms with Crippen molar-refractivity contribution in [3.8, 4) is 11.3 Å². The number of aromatic nitrogens is 3. The lowest BCUT2D eigenvalue weighted by Crippen LogP contribution is -2.60. The summed E-state index contributed by atoms with van der Waals surface area (Å²) in [5, 5.41) is 0. The molecule has 2 aromatic rings. The number of amides is 1. The number of likely N-dealkylation sites (tertiary alicyclic amines) is 1. The van der Waals surface area contributed by atoms with Gasteiger partial charge in [0, 0.05) is 37.6 Å². The number of aromatic amines is 1. The molecule has 7 nitrogen and oxygen atoms in total. The summed E-state index contributed by atoms with van der Waals surface area (Å²) in [5.41, 5.74) is 2.82. The van der Waals surface area contributed by atoms with Crippen molar-refractivity contribution in [2.75, 3.05) is 25.0 Å². The van der Waals surface area contributed by atoms with Gasteiger partial charge in [0.05, 0.1) is 11.7 Å². The van der Waals surface area contributed by atoms with Crippen molar-refractivity contribution in [2.45, 2.75) is 13.0 Å². The summed E-state index contributed by atoms with van der Waals surface area (Å²) in [6, 6.07) is 3.79. The van der Waals surface area contributed by atoms with Gasteiger partial charge in [-0.3, -0.25) is 9.59 Å². The quantitative estimate of drug-likeness (QED) is 0.847. The molecule has 24 heavy (non-hydrogen) atoms. The Morgan fingerprint density at radius 1 is 1.42 bits per heavy atom. The highest BCUT2D eigenvalue weighted by molar-refractivity contribution is 5.87. The van der Waals surface area contributed by atoms with Crippen molar-refractivity contribution in [3.63, 3.8) is 0 Å². The minimum atomic E-state index is -0.166. The molecule has 1 amide bonds. The van der Waals surface area contributed by atoms with E-state index in [-0.39, 0.29) is 17.5 Å². The molecule has 0 aliphatic carbocycles. The fourth-order valence-electron chi connectivity index (χ4n) is 2.70. The zero-order chi connectivity index (χ0) is 17.3. The van der Waals surface area contributed by atoms with Gasteiger partial charge in [0.2, 0.25) is 5.91 Å². The lowest BCUT2D eigenvalue weighted by atomic mass is 10.1. The maximum absolute atomic E-state index is 12.2. The van der Waals surface area contributed by atoms with Crippen LogP contribution >= 0.6 is 0 Å². The van der Waals surface area contributed by atoms with Gasteiger partial charge in [0.15, 0.2) is 0 Å². The minimum absolute atomic E-state index is 0.0845. The van der Waals surface area contributed by atoms with E-state index in [9.17, 15) is 9.59 Å². The molecular formula is C17H19N5O2. The zero-order valence-electron chi connectivity index (χ0n) is 13.7. The number of nitrogens with zero attached hydrogens (tertiary/aromatic N) is 4. The summed E-state index contributed by atoms with van der Waals surface area (Å²) in [6.07, 6.45) is 4.46. The van der Waals surface area contributed by atoms with Crippen molar-refractivity contribution >= 4 is 11.6 Å². The number of carbonyl (C=O) groups is 1. The van der Waals surface area contributed by atoms with Crippen LogP contribution in [0, 0.1) is 6.92 Å². The number of anilines is 1. The number of carbonyl (C=O) groups excluding carboxylic acids is 1. The van der Waals surface area contributed by atoms with Crippen molar-refractivity contribution < 1.29 is 4.79 Å². The molecule has 2 aromatic heterocycles. The summed E-state index contributed by atoms with van der Waals surface area (Å²) < 4.78 is 0.